The van der Waals surface area contributed by atoms with E-state index in [0.29, 0.717) is 6.61 Å². The number of benzene rings is 2. The minimum absolute atomic E-state index is 0.716. The van der Waals surface area contributed by atoms with Crippen LogP contribution in [0.1, 0.15) is 6.92 Å². The molecule has 0 atom stereocenters. The molecule has 0 radical (unpaired) electrons. The van der Waals surface area contributed by atoms with Crippen molar-refractivity contribution in [1.29, 1.82) is 0 Å². The van der Waals surface area contributed by atoms with Gasteiger partial charge in [0, 0.05) is 5.39 Å². The third kappa shape index (κ3) is 1.50. The molecule has 2 aromatic carbocycles. The Morgan fingerprint density at radius 1 is 1.00 bits per heavy atom. The van der Waals surface area contributed by atoms with Crippen LogP contribution in [0.5, 0.6) is 5.75 Å². The average molecular weight is 172 g/mol. The van der Waals surface area contributed by atoms with Crippen LogP contribution in [0.25, 0.3) is 10.8 Å². The van der Waals surface area contributed by atoms with Gasteiger partial charge in [0.15, 0.2) is 0 Å². The molecule has 0 fully saturated rings. The molecule has 2 rings (SSSR count). The number of rotatable bonds is 2. The van der Waals surface area contributed by atoms with E-state index in [1.807, 2.05) is 31.2 Å². The largest absolute Gasteiger partial charge is 0.493 e. The lowest BCUT2D eigenvalue weighted by molar-refractivity contribution is 0.344. The molecule has 0 spiro atoms. The van der Waals surface area contributed by atoms with Gasteiger partial charge < -0.3 is 4.74 Å². The van der Waals surface area contributed by atoms with Crippen LogP contribution in [0.2, 0.25) is 0 Å². The van der Waals surface area contributed by atoms with Crippen LogP contribution in [0.4, 0.5) is 0 Å². The first kappa shape index (κ1) is 8.11. The van der Waals surface area contributed by atoms with E-state index >= 15 is 0 Å². The first-order valence-electron chi connectivity index (χ1n) is 4.52. The maximum atomic E-state index is 5.52. The summed E-state index contributed by atoms with van der Waals surface area (Å²) in [4.78, 5) is 0. The number of hydrogen-bond donors (Lipinski definition) is 0. The molecule has 1 heteroatoms. The van der Waals surface area contributed by atoms with Crippen molar-refractivity contribution in [3.05, 3.63) is 42.5 Å². The molecule has 0 saturated carbocycles. The zero-order chi connectivity index (χ0) is 9.10. The third-order valence-corrected chi connectivity index (χ3v) is 2.05. The Labute approximate surface area is 78.0 Å². The summed E-state index contributed by atoms with van der Waals surface area (Å²) in [6.07, 6.45) is 0. The van der Waals surface area contributed by atoms with Gasteiger partial charge in [-0.3, -0.25) is 0 Å². The van der Waals surface area contributed by atoms with Crippen LogP contribution in [0.3, 0.4) is 0 Å². The van der Waals surface area contributed by atoms with E-state index in [4.69, 9.17) is 4.74 Å². The van der Waals surface area contributed by atoms with E-state index in [-0.39, 0.29) is 0 Å². The zero-order valence-corrected chi connectivity index (χ0v) is 7.66. The summed E-state index contributed by atoms with van der Waals surface area (Å²) in [5.41, 5.74) is 0. The predicted octanol–water partition coefficient (Wildman–Crippen LogP) is 3.24. The van der Waals surface area contributed by atoms with Crippen molar-refractivity contribution in [3.63, 3.8) is 0 Å². The lowest BCUT2D eigenvalue weighted by Gasteiger charge is -2.06. The van der Waals surface area contributed by atoms with Crippen LogP contribution < -0.4 is 4.74 Å². The SMILES string of the molecule is CCOc1cccc2ccccc12. The van der Waals surface area contributed by atoms with Gasteiger partial charge in [-0.2, -0.15) is 0 Å². The first-order chi connectivity index (χ1) is 6.42. The molecule has 0 heterocycles. The second kappa shape index (κ2) is 3.48. The normalized spacial score (nSPS) is 10.2. The van der Waals surface area contributed by atoms with Crippen LogP contribution in [0, 0.1) is 0 Å². The lowest BCUT2D eigenvalue weighted by Crippen LogP contribution is -1.91. The van der Waals surface area contributed by atoms with Gasteiger partial charge >= 0.3 is 0 Å². The van der Waals surface area contributed by atoms with Gasteiger partial charge in [-0.1, -0.05) is 36.4 Å². The summed E-state index contributed by atoms with van der Waals surface area (Å²) in [6, 6.07) is 14.4. The Kier molecular flexibility index (Phi) is 2.17. The Morgan fingerprint density at radius 3 is 2.62 bits per heavy atom. The van der Waals surface area contributed by atoms with Crippen LogP contribution >= 0.6 is 0 Å². The summed E-state index contributed by atoms with van der Waals surface area (Å²) in [5.74, 6) is 0.973. The topological polar surface area (TPSA) is 9.23 Å². The van der Waals surface area contributed by atoms with Gasteiger partial charge in [-0.05, 0) is 18.4 Å². The molecular formula is C12H12O. The van der Waals surface area contributed by atoms with Gasteiger partial charge in [0.1, 0.15) is 5.75 Å². The highest BCUT2D eigenvalue weighted by molar-refractivity contribution is 5.88. The van der Waals surface area contributed by atoms with Crippen molar-refractivity contribution in [2.45, 2.75) is 6.92 Å². The van der Waals surface area contributed by atoms with Crippen molar-refractivity contribution < 1.29 is 4.74 Å². The molecule has 0 aromatic heterocycles. The predicted molar refractivity (Wildman–Crippen MR) is 55.1 cm³/mol. The van der Waals surface area contributed by atoms with Crippen molar-refractivity contribution in [3.8, 4) is 5.75 Å². The van der Waals surface area contributed by atoms with Gasteiger partial charge in [-0.25, -0.2) is 0 Å². The van der Waals surface area contributed by atoms with Gasteiger partial charge in [0.2, 0.25) is 0 Å². The van der Waals surface area contributed by atoms with E-state index in [2.05, 4.69) is 18.2 Å². The number of fused-ring (bicyclic) bond motifs is 1. The maximum Gasteiger partial charge on any atom is 0.127 e. The summed E-state index contributed by atoms with van der Waals surface area (Å²) in [6.45, 7) is 2.72. The lowest BCUT2D eigenvalue weighted by atomic mass is 10.1. The van der Waals surface area contributed by atoms with E-state index in [0.717, 1.165) is 5.75 Å². The molecule has 0 amide bonds. The minimum Gasteiger partial charge on any atom is -0.493 e. The third-order valence-electron chi connectivity index (χ3n) is 2.05. The molecule has 0 aliphatic heterocycles. The molecule has 0 saturated heterocycles. The number of hydrogen-bond acceptors (Lipinski definition) is 1. The Bertz CT molecular complexity index is 401. The minimum atomic E-state index is 0.716. The maximum absolute atomic E-state index is 5.52. The summed E-state index contributed by atoms with van der Waals surface area (Å²) < 4.78 is 5.52. The molecule has 2 aromatic rings. The standard InChI is InChI=1S/C12H12O/c1-2-13-12-9-5-7-10-6-3-4-8-11(10)12/h3-9H,2H2,1H3. The number of ether oxygens (including phenoxy) is 1. The van der Waals surface area contributed by atoms with Gasteiger partial charge in [0.25, 0.3) is 0 Å². The van der Waals surface area contributed by atoms with E-state index in [1.165, 1.54) is 10.8 Å². The smallest absolute Gasteiger partial charge is 0.127 e. The highest BCUT2D eigenvalue weighted by atomic mass is 16.5. The molecule has 66 valence electrons. The Balaban J connectivity index is 2.61. The van der Waals surface area contributed by atoms with Crippen molar-refractivity contribution in [2.75, 3.05) is 6.61 Å². The summed E-state index contributed by atoms with van der Waals surface area (Å²) >= 11 is 0. The van der Waals surface area contributed by atoms with Crippen LogP contribution in [0.15, 0.2) is 42.5 Å². The zero-order valence-electron chi connectivity index (χ0n) is 7.66. The average Bonchev–Trinajstić information content (AvgIpc) is 2.19. The molecule has 0 bridgehead atoms. The second-order valence-corrected chi connectivity index (χ2v) is 2.91. The molecule has 1 nitrogen and oxygen atoms in total. The van der Waals surface area contributed by atoms with E-state index in [9.17, 15) is 0 Å². The highest BCUT2D eigenvalue weighted by Crippen LogP contribution is 2.24. The fraction of sp³-hybridized carbons (Fsp3) is 0.167. The van der Waals surface area contributed by atoms with Crippen molar-refractivity contribution in [2.24, 2.45) is 0 Å². The molecule has 0 N–H and O–H groups in total. The van der Waals surface area contributed by atoms with Gasteiger partial charge in [-0.15, -0.1) is 0 Å². The Hall–Kier alpha value is -1.50. The summed E-state index contributed by atoms with van der Waals surface area (Å²) in [7, 11) is 0. The Morgan fingerprint density at radius 2 is 1.77 bits per heavy atom. The molecule has 0 aliphatic carbocycles. The molecule has 0 unspecified atom stereocenters. The van der Waals surface area contributed by atoms with Crippen LogP contribution in [-0.2, 0) is 0 Å². The van der Waals surface area contributed by atoms with E-state index in [1.54, 1.807) is 0 Å². The van der Waals surface area contributed by atoms with Crippen molar-refractivity contribution in [1.82, 2.24) is 0 Å². The fourth-order valence-corrected chi connectivity index (χ4v) is 1.48. The first-order valence-corrected chi connectivity index (χ1v) is 4.52. The quantitative estimate of drug-likeness (QED) is 0.675. The van der Waals surface area contributed by atoms with Crippen LogP contribution in [-0.4, -0.2) is 6.61 Å². The molecule has 13 heavy (non-hydrogen) atoms. The molecule has 0 aliphatic rings. The second-order valence-electron chi connectivity index (χ2n) is 2.91. The summed E-state index contributed by atoms with van der Waals surface area (Å²) in [5, 5.41) is 2.42. The van der Waals surface area contributed by atoms with Crippen molar-refractivity contribution >= 4 is 10.8 Å². The highest BCUT2D eigenvalue weighted by Gasteiger charge is 1.98. The monoisotopic (exact) mass is 172 g/mol. The van der Waals surface area contributed by atoms with Gasteiger partial charge in [0.05, 0.1) is 6.61 Å². The van der Waals surface area contributed by atoms with E-state index < -0.39 is 0 Å². The molecular weight excluding hydrogens is 160 g/mol. The fourth-order valence-electron chi connectivity index (χ4n) is 1.48.